The first-order valence-electron chi connectivity index (χ1n) is 9.62. The number of hydrogen-bond acceptors (Lipinski definition) is 3. The van der Waals surface area contributed by atoms with E-state index in [0.717, 1.165) is 45.6 Å². The molecular formula is C21H41N3. The zero-order valence-electron chi connectivity index (χ0n) is 16.6. The van der Waals surface area contributed by atoms with Gasteiger partial charge in [-0.2, -0.15) is 0 Å². The molecular weight excluding hydrogens is 294 g/mol. The Bertz CT molecular complexity index is 377. The molecule has 0 bridgehead atoms. The molecule has 0 aromatic carbocycles. The molecule has 3 nitrogen and oxygen atoms in total. The quantitative estimate of drug-likeness (QED) is 0.308. The summed E-state index contributed by atoms with van der Waals surface area (Å²) in [7, 11) is 0. The first-order valence-corrected chi connectivity index (χ1v) is 9.62. The van der Waals surface area contributed by atoms with E-state index in [1.165, 1.54) is 42.4 Å². The largest absolute Gasteiger partial charge is 0.330 e. The number of nitrogens with one attached hydrogen (secondary N) is 2. The van der Waals surface area contributed by atoms with Crippen LogP contribution in [0.1, 0.15) is 66.2 Å². The minimum absolute atomic E-state index is 0.777. The van der Waals surface area contributed by atoms with Crippen molar-refractivity contribution in [2.24, 2.45) is 5.73 Å². The van der Waals surface area contributed by atoms with Crippen LogP contribution in [0.25, 0.3) is 0 Å². The number of nitrogens with two attached hydrogens (primary N) is 1. The molecule has 0 saturated heterocycles. The predicted molar refractivity (Wildman–Crippen MR) is 109 cm³/mol. The van der Waals surface area contributed by atoms with Crippen LogP contribution in [-0.2, 0) is 0 Å². The zero-order valence-corrected chi connectivity index (χ0v) is 16.6. The number of rotatable bonds is 15. The lowest BCUT2D eigenvalue weighted by Crippen LogP contribution is -2.24. The van der Waals surface area contributed by atoms with Gasteiger partial charge in [0.05, 0.1) is 0 Å². The van der Waals surface area contributed by atoms with Gasteiger partial charge in [0.15, 0.2) is 0 Å². The maximum absolute atomic E-state index is 5.46. The van der Waals surface area contributed by atoms with Crippen LogP contribution in [0.2, 0.25) is 0 Å². The highest BCUT2D eigenvalue weighted by atomic mass is 14.9. The monoisotopic (exact) mass is 335 g/mol. The Kier molecular flexibility index (Phi) is 16.3. The van der Waals surface area contributed by atoms with Gasteiger partial charge in [0.1, 0.15) is 0 Å². The van der Waals surface area contributed by atoms with Gasteiger partial charge in [0, 0.05) is 6.54 Å². The predicted octanol–water partition coefficient (Wildman–Crippen LogP) is 4.32. The Balaban J connectivity index is 3.60. The average Bonchev–Trinajstić information content (AvgIpc) is 2.53. The summed E-state index contributed by atoms with van der Waals surface area (Å²) in [5.74, 6) is 0. The molecule has 0 saturated carbocycles. The topological polar surface area (TPSA) is 50.1 Å². The number of hydrogen-bond donors (Lipinski definition) is 3. The van der Waals surface area contributed by atoms with Gasteiger partial charge in [-0.15, -0.1) is 0 Å². The van der Waals surface area contributed by atoms with Crippen molar-refractivity contribution in [3.8, 4) is 0 Å². The van der Waals surface area contributed by atoms with E-state index in [1.54, 1.807) is 0 Å². The highest BCUT2D eigenvalue weighted by Gasteiger charge is 1.92. The van der Waals surface area contributed by atoms with E-state index in [2.05, 4.69) is 56.6 Å². The second-order valence-corrected chi connectivity index (χ2v) is 6.91. The molecule has 0 aromatic heterocycles. The molecule has 0 spiro atoms. The van der Waals surface area contributed by atoms with Crippen molar-refractivity contribution in [1.29, 1.82) is 0 Å². The summed E-state index contributed by atoms with van der Waals surface area (Å²) in [6.45, 7) is 13.8. The lowest BCUT2D eigenvalue weighted by Gasteiger charge is -2.05. The van der Waals surface area contributed by atoms with Crippen molar-refractivity contribution in [3.63, 3.8) is 0 Å². The molecule has 0 aliphatic carbocycles. The van der Waals surface area contributed by atoms with E-state index >= 15 is 0 Å². The minimum Gasteiger partial charge on any atom is -0.330 e. The van der Waals surface area contributed by atoms with Gasteiger partial charge in [-0.25, -0.2) is 0 Å². The zero-order chi connectivity index (χ0) is 18.0. The Labute approximate surface area is 150 Å². The van der Waals surface area contributed by atoms with Gasteiger partial charge in [0.25, 0.3) is 0 Å². The van der Waals surface area contributed by atoms with Gasteiger partial charge in [0.2, 0.25) is 0 Å². The van der Waals surface area contributed by atoms with E-state index in [4.69, 9.17) is 5.73 Å². The van der Waals surface area contributed by atoms with Gasteiger partial charge in [-0.05, 0) is 92.4 Å². The average molecular weight is 336 g/mol. The fourth-order valence-electron chi connectivity index (χ4n) is 2.38. The fourth-order valence-corrected chi connectivity index (χ4v) is 2.38. The third-order valence-corrected chi connectivity index (χ3v) is 3.98. The molecule has 0 radical (unpaired) electrons. The molecule has 0 heterocycles. The summed E-state index contributed by atoms with van der Waals surface area (Å²) in [6.07, 6.45) is 14.0. The highest BCUT2D eigenvalue weighted by Crippen LogP contribution is 2.11. The minimum atomic E-state index is 0.777. The van der Waals surface area contributed by atoms with E-state index in [1.807, 2.05) is 0 Å². The lowest BCUT2D eigenvalue weighted by molar-refractivity contribution is 0.601. The van der Waals surface area contributed by atoms with Crippen molar-refractivity contribution in [2.45, 2.75) is 66.2 Å². The van der Waals surface area contributed by atoms with E-state index < -0.39 is 0 Å². The second-order valence-electron chi connectivity index (χ2n) is 6.91. The molecule has 24 heavy (non-hydrogen) atoms. The van der Waals surface area contributed by atoms with Crippen LogP contribution in [-0.4, -0.2) is 32.7 Å². The molecule has 0 fully saturated rings. The molecule has 0 aliphatic rings. The third kappa shape index (κ3) is 17.5. The van der Waals surface area contributed by atoms with Crippen LogP contribution in [0.15, 0.2) is 34.9 Å². The van der Waals surface area contributed by atoms with Crippen LogP contribution in [0.5, 0.6) is 0 Å². The third-order valence-electron chi connectivity index (χ3n) is 3.98. The van der Waals surface area contributed by atoms with Crippen LogP contribution in [0.4, 0.5) is 0 Å². The molecule has 0 aliphatic heterocycles. The summed E-state index contributed by atoms with van der Waals surface area (Å²) >= 11 is 0. The normalized spacial score (nSPS) is 12.5. The van der Waals surface area contributed by atoms with Crippen molar-refractivity contribution < 1.29 is 0 Å². The Morgan fingerprint density at radius 2 is 1.33 bits per heavy atom. The van der Waals surface area contributed by atoms with Gasteiger partial charge < -0.3 is 16.4 Å². The summed E-state index contributed by atoms with van der Waals surface area (Å²) in [5, 5.41) is 6.88. The Morgan fingerprint density at radius 1 is 0.750 bits per heavy atom. The number of allylic oxidation sites excluding steroid dienone is 5. The van der Waals surface area contributed by atoms with E-state index in [-0.39, 0.29) is 0 Å². The molecule has 0 rings (SSSR count). The van der Waals surface area contributed by atoms with Crippen molar-refractivity contribution >= 4 is 0 Å². The molecule has 0 aromatic rings. The molecule has 140 valence electrons. The van der Waals surface area contributed by atoms with Crippen molar-refractivity contribution in [1.82, 2.24) is 10.6 Å². The lowest BCUT2D eigenvalue weighted by atomic mass is 10.1. The first-order chi connectivity index (χ1) is 11.6. The standard InChI is InChI=1S/C21H41N3/c1-19(2)9-5-10-20(3)11-6-12-21(4)13-18-24-17-8-16-23-15-7-14-22/h9,11,13,23-24H,5-8,10,12,14-18,22H2,1-4H3. The van der Waals surface area contributed by atoms with Gasteiger partial charge in [-0.3, -0.25) is 0 Å². The maximum Gasteiger partial charge on any atom is 0.0137 e. The molecule has 3 heteroatoms. The van der Waals surface area contributed by atoms with E-state index in [9.17, 15) is 0 Å². The van der Waals surface area contributed by atoms with Crippen LogP contribution in [0, 0.1) is 0 Å². The summed E-state index contributed by atoms with van der Waals surface area (Å²) in [6, 6.07) is 0. The van der Waals surface area contributed by atoms with E-state index in [0.29, 0.717) is 0 Å². The highest BCUT2D eigenvalue weighted by molar-refractivity contribution is 5.05. The van der Waals surface area contributed by atoms with Crippen molar-refractivity contribution in [3.05, 3.63) is 34.9 Å². The van der Waals surface area contributed by atoms with Crippen LogP contribution >= 0.6 is 0 Å². The van der Waals surface area contributed by atoms with Gasteiger partial charge >= 0.3 is 0 Å². The molecule has 0 amide bonds. The maximum atomic E-state index is 5.46. The van der Waals surface area contributed by atoms with Gasteiger partial charge in [-0.1, -0.05) is 34.9 Å². The summed E-state index contributed by atoms with van der Waals surface area (Å²) in [4.78, 5) is 0. The second kappa shape index (κ2) is 16.9. The van der Waals surface area contributed by atoms with Crippen LogP contribution in [0.3, 0.4) is 0 Å². The smallest absolute Gasteiger partial charge is 0.0137 e. The van der Waals surface area contributed by atoms with Crippen LogP contribution < -0.4 is 16.4 Å². The SMILES string of the molecule is CC(C)=CCCC(C)=CCCC(C)=CCNCCCNCCCN. The Morgan fingerprint density at radius 3 is 2.00 bits per heavy atom. The summed E-state index contributed by atoms with van der Waals surface area (Å²) in [5.41, 5.74) is 9.87. The molecule has 4 N–H and O–H groups in total. The van der Waals surface area contributed by atoms with Crippen molar-refractivity contribution in [2.75, 3.05) is 32.7 Å². The molecule has 0 unspecified atom stereocenters. The fraction of sp³-hybridized carbons (Fsp3) is 0.714. The molecule has 0 atom stereocenters. The first kappa shape index (κ1) is 23.1. The summed E-state index contributed by atoms with van der Waals surface area (Å²) < 4.78 is 0. The Hall–Kier alpha value is -0.900.